The minimum atomic E-state index is 0.306. The van der Waals surface area contributed by atoms with Gasteiger partial charge in [0.15, 0.2) is 11.3 Å². The number of pyridine rings is 1. The van der Waals surface area contributed by atoms with E-state index in [2.05, 4.69) is 64.1 Å². The van der Waals surface area contributed by atoms with E-state index in [1.165, 1.54) is 18.5 Å². The predicted octanol–water partition coefficient (Wildman–Crippen LogP) is 4.20. The summed E-state index contributed by atoms with van der Waals surface area (Å²) in [6.07, 6.45) is 5.43. The third kappa shape index (κ3) is 3.82. The smallest absolute Gasteiger partial charge is 0.223 e. The number of carbonyl (C=O) groups excluding carboxylic acids is 1. The van der Waals surface area contributed by atoms with Crippen LogP contribution in [0.1, 0.15) is 41.8 Å². The average Bonchev–Trinajstić information content (AvgIpc) is 3.52. The average molecular weight is 495 g/mol. The highest BCUT2D eigenvalue weighted by Crippen LogP contribution is 2.47. The fourth-order valence-electron chi connectivity index (χ4n) is 7.52. The monoisotopic (exact) mass is 494 g/mol. The van der Waals surface area contributed by atoms with Crippen LogP contribution in [-0.2, 0) is 17.8 Å². The van der Waals surface area contributed by atoms with Crippen molar-refractivity contribution in [1.29, 1.82) is 0 Å². The van der Waals surface area contributed by atoms with Crippen molar-refractivity contribution in [2.75, 3.05) is 19.6 Å². The molecular weight excluding hydrogens is 460 g/mol. The van der Waals surface area contributed by atoms with Gasteiger partial charge in [0.2, 0.25) is 5.91 Å². The van der Waals surface area contributed by atoms with Crippen LogP contribution < -0.4 is 0 Å². The van der Waals surface area contributed by atoms with E-state index >= 15 is 0 Å². The third-order valence-corrected chi connectivity index (χ3v) is 9.30. The summed E-state index contributed by atoms with van der Waals surface area (Å²) in [6, 6.07) is 15.1. The van der Waals surface area contributed by atoms with Crippen molar-refractivity contribution in [3.8, 4) is 0 Å². The number of aryl methyl sites for hydroxylation is 2. The molecule has 4 aromatic rings. The van der Waals surface area contributed by atoms with Crippen molar-refractivity contribution >= 4 is 22.6 Å². The van der Waals surface area contributed by atoms with Crippen molar-refractivity contribution in [2.45, 2.75) is 52.1 Å². The van der Waals surface area contributed by atoms with Crippen LogP contribution in [0.3, 0.4) is 0 Å². The Hall–Kier alpha value is -3.32. The lowest BCUT2D eigenvalue weighted by atomic mass is 9.66. The highest BCUT2D eigenvalue weighted by molar-refractivity contribution is 5.89. The van der Waals surface area contributed by atoms with Crippen LogP contribution in [0.25, 0.3) is 16.7 Å². The molecule has 3 saturated heterocycles. The molecule has 7 nitrogen and oxygen atoms in total. The zero-order chi connectivity index (χ0) is 25.1. The van der Waals surface area contributed by atoms with Gasteiger partial charge in [-0.15, -0.1) is 5.10 Å². The molecule has 1 aliphatic carbocycles. The minimum absolute atomic E-state index is 0.306. The lowest BCUT2D eigenvalue weighted by molar-refractivity contribution is -0.143. The van der Waals surface area contributed by atoms with E-state index in [0.717, 1.165) is 60.0 Å². The Morgan fingerprint density at radius 2 is 1.84 bits per heavy atom. The molecule has 2 bridgehead atoms. The molecule has 3 aliphatic heterocycles. The second kappa shape index (κ2) is 8.91. The Morgan fingerprint density at radius 1 is 1.00 bits per heavy atom. The van der Waals surface area contributed by atoms with E-state index in [1.807, 2.05) is 16.6 Å². The first kappa shape index (κ1) is 22.8. The summed E-state index contributed by atoms with van der Waals surface area (Å²) < 4.78 is 1.90. The number of rotatable bonds is 5. The summed E-state index contributed by atoms with van der Waals surface area (Å²) in [5.74, 6) is 2.31. The number of hydrogen-bond acceptors (Lipinski definition) is 5. The molecule has 190 valence electrons. The fraction of sp³-hybridized carbons (Fsp3) is 0.467. The Kier molecular flexibility index (Phi) is 5.50. The molecule has 4 atom stereocenters. The molecule has 1 saturated carbocycles. The van der Waals surface area contributed by atoms with Crippen molar-refractivity contribution < 1.29 is 4.79 Å². The van der Waals surface area contributed by atoms with Gasteiger partial charge in [-0.25, -0.2) is 14.5 Å². The molecule has 0 spiro atoms. The van der Waals surface area contributed by atoms with Gasteiger partial charge < -0.3 is 4.90 Å². The highest BCUT2D eigenvalue weighted by Gasteiger charge is 2.52. The van der Waals surface area contributed by atoms with Crippen LogP contribution in [0.4, 0.5) is 0 Å². The van der Waals surface area contributed by atoms with Crippen molar-refractivity contribution in [1.82, 2.24) is 29.4 Å². The number of amides is 1. The number of aromatic nitrogens is 4. The van der Waals surface area contributed by atoms with E-state index in [1.54, 1.807) is 6.20 Å². The zero-order valence-corrected chi connectivity index (χ0v) is 21.7. The van der Waals surface area contributed by atoms with E-state index < -0.39 is 0 Å². The van der Waals surface area contributed by atoms with Crippen LogP contribution in [0, 0.1) is 31.6 Å². The van der Waals surface area contributed by atoms with Crippen molar-refractivity contribution in [2.24, 2.45) is 17.8 Å². The standard InChI is InChI=1S/C30H34N6O/c1-19-23(20(2)36-30(32-19)24-9-6-14-31-29(24)33-36)11-13-28(37)35-16-22-10-12-27(35)26-18-34(17-25(22)26)15-21-7-4-3-5-8-21/h3-9,14,22,25-27H,10-13,15-18H2,1-2H3. The predicted molar refractivity (Wildman–Crippen MR) is 143 cm³/mol. The molecular formula is C30H34N6O. The summed E-state index contributed by atoms with van der Waals surface area (Å²) in [5.41, 5.74) is 6.11. The van der Waals surface area contributed by atoms with E-state index in [4.69, 9.17) is 4.98 Å². The summed E-state index contributed by atoms with van der Waals surface area (Å²) in [7, 11) is 0. The number of carbonyl (C=O) groups is 1. The molecule has 1 amide bonds. The number of benzene rings is 1. The minimum Gasteiger partial charge on any atom is -0.339 e. The second-order valence-corrected chi connectivity index (χ2v) is 11.3. The summed E-state index contributed by atoms with van der Waals surface area (Å²) in [4.78, 5) is 27.8. The lowest BCUT2D eigenvalue weighted by Gasteiger charge is -2.52. The molecule has 1 aromatic carbocycles. The maximum atomic E-state index is 13.6. The molecule has 6 heterocycles. The number of fused-ring (bicyclic) bond motifs is 5. The number of piperidine rings is 2. The number of nitrogens with zero attached hydrogens (tertiary/aromatic N) is 6. The van der Waals surface area contributed by atoms with Gasteiger partial charge in [0.25, 0.3) is 0 Å². The largest absolute Gasteiger partial charge is 0.339 e. The number of hydrogen-bond donors (Lipinski definition) is 0. The summed E-state index contributed by atoms with van der Waals surface area (Å²) in [6.45, 7) is 8.39. The van der Waals surface area contributed by atoms with Gasteiger partial charge in [0.05, 0.1) is 5.39 Å². The maximum absolute atomic E-state index is 13.6. The van der Waals surface area contributed by atoms with Crippen LogP contribution >= 0.6 is 0 Å². The van der Waals surface area contributed by atoms with Gasteiger partial charge in [-0.05, 0) is 74.1 Å². The first-order valence-electron chi connectivity index (χ1n) is 13.7. The van der Waals surface area contributed by atoms with E-state index in [0.29, 0.717) is 42.3 Å². The SMILES string of the molecule is Cc1nc2c3cccnc3nn2c(C)c1CCC(=O)N1CC2CCC1C1CN(Cc3ccccc3)CC21. The van der Waals surface area contributed by atoms with Gasteiger partial charge in [-0.2, -0.15) is 0 Å². The van der Waals surface area contributed by atoms with Gasteiger partial charge in [-0.3, -0.25) is 9.69 Å². The van der Waals surface area contributed by atoms with Crippen LogP contribution in [0.5, 0.6) is 0 Å². The Bertz CT molecular complexity index is 1480. The highest BCUT2D eigenvalue weighted by atomic mass is 16.2. The van der Waals surface area contributed by atoms with E-state index in [9.17, 15) is 4.79 Å². The molecule has 4 fully saturated rings. The normalized spacial score (nSPS) is 25.3. The molecule has 3 aromatic heterocycles. The third-order valence-electron chi connectivity index (χ3n) is 9.30. The molecule has 8 rings (SSSR count). The van der Waals surface area contributed by atoms with Gasteiger partial charge >= 0.3 is 0 Å². The van der Waals surface area contributed by atoms with Gasteiger partial charge in [-0.1, -0.05) is 30.3 Å². The van der Waals surface area contributed by atoms with Crippen molar-refractivity contribution in [3.05, 3.63) is 71.2 Å². The summed E-state index contributed by atoms with van der Waals surface area (Å²) in [5, 5.41) is 5.65. The van der Waals surface area contributed by atoms with Gasteiger partial charge in [0.1, 0.15) is 0 Å². The van der Waals surface area contributed by atoms with E-state index in [-0.39, 0.29) is 0 Å². The molecule has 4 aliphatic rings. The lowest BCUT2D eigenvalue weighted by Crippen LogP contribution is -2.59. The molecule has 37 heavy (non-hydrogen) atoms. The molecule has 4 unspecified atom stereocenters. The number of likely N-dealkylation sites (tertiary alicyclic amines) is 1. The molecule has 0 radical (unpaired) electrons. The Labute approximate surface area is 217 Å². The maximum Gasteiger partial charge on any atom is 0.223 e. The molecule has 7 heteroatoms. The van der Waals surface area contributed by atoms with Crippen LogP contribution in [0.15, 0.2) is 48.7 Å². The van der Waals surface area contributed by atoms with Crippen molar-refractivity contribution in [3.63, 3.8) is 0 Å². The second-order valence-electron chi connectivity index (χ2n) is 11.3. The topological polar surface area (TPSA) is 66.6 Å². The van der Waals surface area contributed by atoms with Crippen LogP contribution in [0.2, 0.25) is 0 Å². The van der Waals surface area contributed by atoms with Crippen LogP contribution in [-0.4, -0.2) is 61.0 Å². The fourth-order valence-corrected chi connectivity index (χ4v) is 7.52. The summed E-state index contributed by atoms with van der Waals surface area (Å²) >= 11 is 0. The first-order valence-corrected chi connectivity index (χ1v) is 13.7. The Balaban J connectivity index is 1.06. The zero-order valence-electron chi connectivity index (χ0n) is 21.7. The Morgan fingerprint density at radius 3 is 2.70 bits per heavy atom. The van der Waals surface area contributed by atoms with Gasteiger partial charge in [0, 0.05) is 56.2 Å². The first-order chi connectivity index (χ1) is 18.1. The quantitative estimate of drug-likeness (QED) is 0.416. The molecule has 0 N–H and O–H groups in total.